The summed E-state index contributed by atoms with van der Waals surface area (Å²) in [6.45, 7) is 7.61. The molecule has 1 saturated carbocycles. The molecular weight excluding hydrogens is 340 g/mol. The van der Waals surface area contributed by atoms with E-state index in [9.17, 15) is 9.59 Å². The summed E-state index contributed by atoms with van der Waals surface area (Å²) in [5.41, 5.74) is 0. The maximum atomic E-state index is 12.2. The van der Waals surface area contributed by atoms with Crippen LogP contribution in [-0.4, -0.2) is 25.2 Å². The van der Waals surface area contributed by atoms with Gasteiger partial charge in [-0.15, -0.1) is 0 Å². The highest BCUT2D eigenvalue weighted by molar-refractivity contribution is 5.75. The highest BCUT2D eigenvalue weighted by Gasteiger charge is 2.31. The molecule has 0 aromatic rings. The van der Waals surface area contributed by atoms with Crippen LogP contribution in [0.25, 0.3) is 0 Å². The smallest absolute Gasteiger partial charge is 0.308 e. The maximum absolute atomic E-state index is 12.2. The second-order valence-corrected chi connectivity index (χ2v) is 8.54. The Kier molecular flexibility index (Phi) is 13.3. The summed E-state index contributed by atoms with van der Waals surface area (Å²) in [5, 5.41) is 0. The zero-order valence-electron chi connectivity index (χ0n) is 18.0. The van der Waals surface area contributed by atoms with E-state index in [0.29, 0.717) is 13.2 Å². The third kappa shape index (κ3) is 11.4. The number of carbonyl (C=O) groups excluding carboxylic acids is 2. The molecule has 0 unspecified atom stereocenters. The van der Waals surface area contributed by atoms with Crippen molar-refractivity contribution in [1.82, 2.24) is 0 Å². The van der Waals surface area contributed by atoms with Crippen LogP contribution in [0.2, 0.25) is 0 Å². The van der Waals surface area contributed by atoms with Gasteiger partial charge in [0.2, 0.25) is 0 Å². The van der Waals surface area contributed by atoms with E-state index in [1.807, 2.05) is 6.92 Å². The second-order valence-electron chi connectivity index (χ2n) is 8.54. The molecule has 0 atom stereocenters. The summed E-state index contributed by atoms with van der Waals surface area (Å²) in [6, 6.07) is 0. The molecule has 0 aromatic heterocycles. The van der Waals surface area contributed by atoms with Crippen molar-refractivity contribution in [3.05, 3.63) is 0 Å². The zero-order chi connectivity index (χ0) is 19.9. The highest BCUT2D eigenvalue weighted by atomic mass is 16.5. The van der Waals surface area contributed by atoms with E-state index in [1.54, 1.807) is 0 Å². The van der Waals surface area contributed by atoms with Crippen molar-refractivity contribution in [2.45, 2.75) is 104 Å². The van der Waals surface area contributed by atoms with Crippen molar-refractivity contribution < 1.29 is 19.1 Å². The quantitative estimate of drug-likeness (QED) is 0.270. The Morgan fingerprint density at radius 1 is 0.741 bits per heavy atom. The van der Waals surface area contributed by atoms with Gasteiger partial charge < -0.3 is 9.47 Å². The van der Waals surface area contributed by atoms with Crippen molar-refractivity contribution in [3.8, 4) is 0 Å². The van der Waals surface area contributed by atoms with Gasteiger partial charge in [0.15, 0.2) is 0 Å². The highest BCUT2D eigenvalue weighted by Crippen LogP contribution is 2.30. The minimum absolute atomic E-state index is 0.0267. The summed E-state index contributed by atoms with van der Waals surface area (Å²) in [6.07, 6.45) is 13.9. The predicted octanol–water partition coefficient (Wildman–Crippen LogP) is 6.07. The van der Waals surface area contributed by atoms with E-state index in [4.69, 9.17) is 9.47 Å². The summed E-state index contributed by atoms with van der Waals surface area (Å²) in [7, 11) is 0. The zero-order valence-corrected chi connectivity index (χ0v) is 18.0. The van der Waals surface area contributed by atoms with Crippen LogP contribution in [0.15, 0.2) is 0 Å². The SMILES string of the molecule is CCCOC(=O)C1CCC(C(=O)OCCCCCCCCCC(C)C)CC1. The lowest BCUT2D eigenvalue weighted by molar-refractivity contribution is -0.155. The Morgan fingerprint density at radius 2 is 1.19 bits per heavy atom. The van der Waals surface area contributed by atoms with Crippen LogP contribution in [0.3, 0.4) is 0 Å². The molecular formula is C23H42O4. The summed E-state index contributed by atoms with van der Waals surface area (Å²) < 4.78 is 10.7. The number of carbonyl (C=O) groups is 2. The fourth-order valence-corrected chi connectivity index (χ4v) is 3.71. The molecule has 1 aliphatic rings. The van der Waals surface area contributed by atoms with Gasteiger partial charge in [-0.25, -0.2) is 0 Å². The molecule has 4 heteroatoms. The van der Waals surface area contributed by atoms with Gasteiger partial charge in [-0.2, -0.15) is 0 Å². The average molecular weight is 383 g/mol. The van der Waals surface area contributed by atoms with E-state index in [0.717, 1.165) is 50.9 Å². The van der Waals surface area contributed by atoms with E-state index in [2.05, 4.69) is 13.8 Å². The standard InChI is InChI=1S/C23H42O4/c1-4-17-26-22(24)20-13-15-21(16-14-20)23(25)27-18-11-9-7-5-6-8-10-12-19(2)3/h19-21H,4-18H2,1-3H3. The van der Waals surface area contributed by atoms with Gasteiger partial charge in [0.25, 0.3) is 0 Å². The molecule has 0 saturated heterocycles. The van der Waals surface area contributed by atoms with Gasteiger partial charge in [-0.1, -0.05) is 65.7 Å². The van der Waals surface area contributed by atoms with Gasteiger partial charge in [0.1, 0.15) is 0 Å². The van der Waals surface area contributed by atoms with E-state index in [1.165, 1.54) is 38.5 Å². The maximum Gasteiger partial charge on any atom is 0.308 e. The number of ether oxygens (including phenoxy) is 2. The van der Waals surface area contributed by atoms with E-state index >= 15 is 0 Å². The van der Waals surface area contributed by atoms with Gasteiger partial charge >= 0.3 is 11.9 Å². The molecule has 0 amide bonds. The lowest BCUT2D eigenvalue weighted by Crippen LogP contribution is -2.28. The lowest BCUT2D eigenvalue weighted by Gasteiger charge is -2.25. The fraction of sp³-hybridized carbons (Fsp3) is 0.913. The largest absolute Gasteiger partial charge is 0.465 e. The van der Waals surface area contributed by atoms with Crippen molar-refractivity contribution in [2.24, 2.45) is 17.8 Å². The van der Waals surface area contributed by atoms with Crippen molar-refractivity contribution in [3.63, 3.8) is 0 Å². The minimum atomic E-state index is -0.0899. The third-order valence-electron chi connectivity index (χ3n) is 5.51. The van der Waals surface area contributed by atoms with Gasteiger partial charge in [-0.05, 0) is 44.4 Å². The van der Waals surface area contributed by atoms with Crippen LogP contribution in [0, 0.1) is 17.8 Å². The number of esters is 2. The van der Waals surface area contributed by atoms with Crippen molar-refractivity contribution >= 4 is 11.9 Å². The molecule has 0 radical (unpaired) electrons. The Hall–Kier alpha value is -1.06. The van der Waals surface area contributed by atoms with Crippen LogP contribution in [0.5, 0.6) is 0 Å². The van der Waals surface area contributed by atoms with Gasteiger partial charge in [0.05, 0.1) is 25.0 Å². The number of unbranched alkanes of at least 4 members (excludes halogenated alkanes) is 6. The molecule has 0 aromatic carbocycles. The Bertz CT molecular complexity index is 397. The van der Waals surface area contributed by atoms with Crippen LogP contribution in [0.1, 0.15) is 104 Å². The Labute approximate surface area is 166 Å². The first kappa shape index (κ1) is 24.0. The van der Waals surface area contributed by atoms with Crippen LogP contribution in [-0.2, 0) is 19.1 Å². The Morgan fingerprint density at radius 3 is 1.67 bits per heavy atom. The molecule has 1 fully saturated rings. The van der Waals surface area contributed by atoms with Crippen LogP contribution < -0.4 is 0 Å². The second kappa shape index (κ2) is 14.9. The molecule has 158 valence electrons. The molecule has 1 aliphatic carbocycles. The van der Waals surface area contributed by atoms with Crippen LogP contribution in [0.4, 0.5) is 0 Å². The van der Waals surface area contributed by atoms with Crippen LogP contribution >= 0.6 is 0 Å². The topological polar surface area (TPSA) is 52.6 Å². The number of rotatable bonds is 14. The first-order valence-corrected chi connectivity index (χ1v) is 11.4. The molecule has 0 aliphatic heterocycles. The fourth-order valence-electron chi connectivity index (χ4n) is 3.71. The lowest BCUT2D eigenvalue weighted by atomic mass is 9.82. The molecule has 0 spiro atoms. The molecule has 1 rings (SSSR count). The first-order valence-electron chi connectivity index (χ1n) is 11.4. The summed E-state index contributed by atoms with van der Waals surface area (Å²) in [4.78, 5) is 24.1. The molecule has 0 bridgehead atoms. The monoisotopic (exact) mass is 382 g/mol. The summed E-state index contributed by atoms with van der Waals surface area (Å²) >= 11 is 0. The molecule has 4 nitrogen and oxygen atoms in total. The van der Waals surface area contributed by atoms with E-state index in [-0.39, 0.29) is 23.8 Å². The molecule has 0 N–H and O–H groups in total. The van der Waals surface area contributed by atoms with Gasteiger partial charge in [0, 0.05) is 0 Å². The van der Waals surface area contributed by atoms with Crippen molar-refractivity contribution in [2.75, 3.05) is 13.2 Å². The third-order valence-corrected chi connectivity index (χ3v) is 5.51. The molecule has 0 heterocycles. The molecule has 27 heavy (non-hydrogen) atoms. The summed E-state index contributed by atoms with van der Waals surface area (Å²) in [5.74, 6) is 0.615. The van der Waals surface area contributed by atoms with Crippen molar-refractivity contribution in [1.29, 1.82) is 0 Å². The number of hydrogen-bond donors (Lipinski definition) is 0. The number of hydrogen-bond acceptors (Lipinski definition) is 4. The Balaban J connectivity index is 1.98. The average Bonchev–Trinajstić information content (AvgIpc) is 2.67. The normalized spacial score (nSPS) is 19.9. The first-order chi connectivity index (χ1) is 13.0. The van der Waals surface area contributed by atoms with Gasteiger partial charge in [-0.3, -0.25) is 9.59 Å². The predicted molar refractivity (Wildman–Crippen MR) is 109 cm³/mol. The minimum Gasteiger partial charge on any atom is -0.465 e. The van der Waals surface area contributed by atoms with E-state index < -0.39 is 0 Å².